The normalized spacial score (nSPS) is 10.5. The summed E-state index contributed by atoms with van der Waals surface area (Å²) in [5, 5.41) is 4.25. The van der Waals surface area contributed by atoms with Crippen molar-refractivity contribution in [2.45, 2.75) is 13.8 Å². The standard InChI is InChI=1S/C12H14N2O3/c1-4-17-12(15)11-8(2)13-14-6-5-9(16-3)7-10(11)14/h5-7H,4H2,1-3H3. The Hall–Kier alpha value is -2.04. The summed E-state index contributed by atoms with van der Waals surface area (Å²) in [6.07, 6.45) is 1.75. The molecule has 0 aromatic carbocycles. The first-order chi connectivity index (χ1) is 8.17. The van der Waals surface area contributed by atoms with E-state index in [-0.39, 0.29) is 5.97 Å². The summed E-state index contributed by atoms with van der Waals surface area (Å²) in [6, 6.07) is 3.56. The first kappa shape index (κ1) is 11.4. The van der Waals surface area contributed by atoms with Crippen molar-refractivity contribution in [3.8, 4) is 5.75 Å². The molecule has 5 heteroatoms. The Balaban J connectivity index is 2.60. The Morgan fingerprint density at radius 1 is 1.53 bits per heavy atom. The fourth-order valence-electron chi connectivity index (χ4n) is 1.73. The quantitative estimate of drug-likeness (QED) is 0.760. The van der Waals surface area contributed by atoms with Crippen molar-refractivity contribution in [1.82, 2.24) is 9.61 Å². The molecule has 0 bridgehead atoms. The zero-order chi connectivity index (χ0) is 12.4. The van der Waals surface area contributed by atoms with Crippen LogP contribution in [0.2, 0.25) is 0 Å². The Morgan fingerprint density at radius 3 is 2.94 bits per heavy atom. The Kier molecular flexibility index (Phi) is 2.99. The number of fused-ring (bicyclic) bond motifs is 1. The van der Waals surface area contributed by atoms with Gasteiger partial charge < -0.3 is 9.47 Å². The number of ether oxygens (including phenoxy) is 2. The summed E-state index contributed by atoms with van der Waals surface area (Å²) in [5.41, 5.74) is 1.84. The highest BCUT2D eigenvalue weighted by Gasteiger charge is 2.18. The predicted octanol–water partition coefficient (Wildman–Crippen LogP) is 1.83. The molecule has 2 aromatic rings. The number of methoxy groups -OCH3 is 1. The zero-order valence-electron chi connectivity index (χ0n) is 10.1. The number of aryl methyl sites for hydroxylation is 1. The van der Waals surface area contributed by atoms with E-state index < -0.39 is 0 Å². The summed E-state index contributed by atoms with van der Waals surface area (Å²) in [5.74, 6) is 0.330. The maximum absolute atomic E-state index is 11.8. The first-order valence-electron chi connectivity index (χ1n) is 5.37. The molecule has 0 amide bonds. The van der Waals surface area contributed by atoms with Crippen LogP contribution in [0.3, 0.4) is 0 Å². The van der Waals surface area contributed by atoms with Crippen molar-refractivity contribution >= 4 is 11.5 Å². The molecule has 2 heterocycles. The summed E-state index contributed by atoms with van der Waals surface area (Å²) in [7, 11) is 1.58. The van der Waals surface area contributed by atoms with Gasteiger partial charge in [0, 0.05) is 12.3 Å². The van der Waals surface area contributed by atoms with Crippen LogP contribution in [0.4, 0.5) is 0 Å². The van der Waals surface area contributed by atoms with E-state index in [2.05, 4.69) is 5.10 Å². The average molecular weight is 234 g/mol. The number of esters is 1. The van der Waals surface area contributed by atoms with E-state index in [0.29, 0.717) is 29.1 Å². The van der Waals surface area contributed by atoms with Crippen LogP contribution in [0.1, 0.15) is 23.0 Å². The Bertz CT molecular complexity index is 560. The van der Waals surface area contributed by atoms with Crippen molar-refractivity contribution in [1.29, 1.82) is 0 Å². The van der Waals surface area contributed by atoms with Gasteiger partial charge in [-0.25, -0.2) is 9.31 Å². The minimum Gasteiger partial charge on any atom is -0.497 e. The molecule has 2 rings (SSSR count). The van der Waals surface area contributed by atoms with Gasteiger partial charge in [0.05, 0.1) is 24.9 Å². The second-order valence-electron chi connectivity index (χ2n) is 3.58. The average Bonchev–Trinajstić information content (AvgIpc) is 2.64. The summed E-state index contributed by atoms with van der Waals surface area (Å²) in [4.78, 5) is 11.8. The SMILES string of the molecule is CCOC(=O)c1c(C)nn2ccc(OC)cc12. The molecular formula is C12H14N2O3. The highest BCUT2D eigenvalue weighted by atomic mass is 16.5. The largest absolute Gasteiger partial charge is 0.497 e. The van der Waals surface area contributed by atoms with E-state index in [9.17, 15) is 4.79 Å². The minimum atomic E-state index is -0.353. The van der Waals surface area contributed by atoms with Crippen LogP contribution in [-0.4, -0.2) is 29.3 Å². The van der Waals surface area contributed by atoms with Crippen LogP contribution in [0.25, 0.3) is 5.52 Å². The molecule has 0 saturated carbocycles. The second-order valence-corrected chi connectivity index (χ2v) is 3.58. The lowest BCUT2D eigenvalue weighted by Gasteiger charge is -2.02. The fraction of sp³-hybridized carbons (Fsp3) is 0.333. The second kappa shape index (κ2) is 4.45. The number of rotatable bonds is 3. The van der Waals surface area contributed by atoms with Gasteiger partial charge in [0.2, 0.25) is 0 Å². The fourth-order valence-corrected chi connectivity index (χ4v) is 1.73. The summed E-state index contributed by atoms with van der Waals surface area (Å²) < 4.78 is 11.8. The van der Waals surface area contributed by atoms with Gasteiger partial charge in [0.15, 0.2) is 0 Å². The third-order valence-corrected chi connectivity index (χ3v) is 2.50. The van der Waals surface area contributed by atoms with Crippen molar-refractivity contribution in [3.05, 3.63) is 29.6 Å². The monoisotopic (exact) mass is 234 g/mol. The van der Waals surface area contributed by atoms with Crippen molar-refractivity contribution in [2.24, 2.45) is 0 Å². The lowest BCUT2D eigenvalue weighted by molar-refractivity contribution is 0.0528. The van der Waals surface area contributed by atoms with Gasteiger partial charge in [-0.05, 0) is 19.9 Å². The molecule has 5 nitrogen and oxygen atoms in total. The molecule has 0 spiro atoms. The number of pyridine rings is 1. The van der Waals surface area contributed by atoms with E-state index in [1.165, 1.54) is 0 Å². The van der Waals surface area contributed by atoms with Gasteiger partial charge in [-0.1, -0.05) is 0 Å². The first-order valence-corrected chi connectivity index (χ1v) is 5.37. The van der Waals surface area contributed by atoms with E-state index in [1.807, 2.05) is 0 Å². The highest BCUT2D eigenvalue weighted by Crippen LogP contribution is 2.21. The Labute approximate surface area is 99.0 Å². The maximum Gasteiger partial charge on any atom is 0.342 e. The van der Waals surface area contributed by atoms with Crippen molar-refractivity contribution in [3.63, 3.8) is 0 Å². The highest BCUT2D eigenvalue weighted by molar-refractivity contribution is 5.98. The molecule has 0 saturated heterocycles. The van der Waals surface area contributed by atoms with Crippen LogP contribution in [0.15, 0.2) is 18.3 Å². The molecule has 0 aliphatic rings. The molecule has 0 unspecified atom stereocenters. The van der Waals surface area contributed by atoms with Gasteiger partial charge in [0.25, 0.3) is 0 Å². The predicted molar refractivity (Wildman–Crippen MR) is 62.4 cm³/mol. The van der Waals surface area contributed by atoms with Crippen LogP contribution in [0, 0.1) is 6.92 Å². The topological polar surface area (TPSA) is 52.8 Å². The minimum absolute atomic E-state index is 0.347. The number of hydrogen-bond donors (Lipinski definition) is 0. The molecule has 0 aliphatic carbocycles. The van der Waals surface area contributed by atoms with Crippen LogP contribution >= 0.6 is 0 Å². The van der Waals surface area contributed by atoms with Crippen molar-refractivity contribution < 1.29 is 14.3 Å². The van der Waals surface area contributed by atoms with E-state index in [4.69, 9.17) is 9.47 Å². The molecule has 0 fully saturated rings. The number of carbonyl (C=O) groups excluding carboxylic acids is 1. The number of aromatic nitrogens is 2. The molecular weight excluding hydrogens is 220 g/mol. The smallest absolute Gasteiger partial charge is 0.342 e. The van der Waals surface area contributed by atoms with E-state index in [1.54, 1.807) is 43.8 Å². The zero-order valence-corrected chi connectivity index (χ0v) is 10.1. The lowest BCUT2D eigenvalue weighted by atomic mass is 10.2. The van der Waals surface area contributed by atoms with Gasteiger partial charge in [-0.3, -0.25) is 0 Å². The number of carbonyl (C=O) groups is 1. The lowest BCUT2D eigenvalue weighted by Crippen LogP contribution is -2.05. The van der Waals surface area contributed by atoms with Crippen molar-refractivity contribution in [2.75, 3.05) is 13.7 Å². The van der Waals surface area contributed by atoms with Gasteiger partial charge >= 0.3 is 5.97 Å². The molecule has 17 heavy (non-hydrogen) atoms. The molecule has 0 radical (unpaired) electrons. The molecule has 0 atom stereocenters. The van der Waals surface area contributed by atoms with Crippen LogP contribution < -0.4 is 4.74 Å². The Morgan fingerprint density at radius 2 is 2.29 bits per heavy atom. The van der Waals surface area contributed by atoms with Gasteiger partial charge in [-0.15, -0.1) is 0 Å². The van der Waals surface area contributed by atoms with Crippen LogP contribution in [-0.2, 0) is 4.74 Å². The third kappa shape index (κ3) is 1.95. The van der Waals surface area contributed by atoms with E-state index >= 15 is 0 Å². The summed E-state index contributed by atoms with van der Waals surface area (Å²) >= 11 is 0. The molecule has 0 aliphatic heterocycles. The van der Waals surface area contributed by atoms with Crippen LogP contribution in [0.5, 0.6) is 5.75 Å². The summed E-state index contributed by atoms with van der Waals surface area (Å²) in [6.45, 7) is 3.91. The van der Waals surface area contributed by atoms with E-state index in [0.717, 1.165) is 0 Å². The molecule has 90 valence electrons. The number of hydrogen-bond acceptors (Lipinski definition) is 4. The van der Waals surface area contributed by atoms with Gasteiger partial charge in [-0.2, -0.15) is 5.10 Å². The molecule has 2 aromatic heterocycles. The maximum atomic E-state index is 11.8. The molecule has 0 N–H and O–H groups in total. The third-order valence-electron chi connectivity index (χ3n) is 2.50. The van der Waals surface area contributed by atoms with Gasteiger partial charge in [0.1, 0.15) is 11.3 Å². The number of nitrogens with zero attached hydrogens (tertiary/aromatic N) is 2.